The first-order valence-electron chi connectivity index (χ1n) is 9.81. The molecular weight excluding hydrogens is 400 g/mol. The second-order valence-corrected chi connectivity index (χ2v) is 7.57. The number of anilines is 2. The first-order chi connectivity index (χ1) is 14.7. The van der Waals surface area contributed by atoms with Crippen LogP contribution in [0.1, 0.15) is 0 Å². The van der Waals surface area contributed by atoms with E-state index < -0.39 is 0 Å². The summed E-state index contributed by atoms with van der Waals surface area (Å²) >= 11 is 6.15. The van der Waals surface area contributed by atoms with Crippen LogP contribution in [0.4, 0.5) is 11.5 Å². The molecule has 0 unspecified atom stereocenters. The van der Waals surface area contributed by atoms with Crippen LogP contribution in [0, 0.1) is 0 Å². The Bertz CT molecular complexity index is 1170. The summed E-state index contributed by atoms with van der Waals surface area (Å²) in [6, 6.07) is 15.8. The van der Waals surface area contributed by atoms with E-state index in [9.17, 15) is 0 Å². The third kappa shape index (κ3) is 3.41. The monoisotopic (exact) mass is 420 g/mol. The van der Waals surface area contributed by atoms with Crippen LogP contribution < -0.4 is 14.5 Å². The number of halogens is 1. The summed E-state index contributed by atoms with van der Waals surface area (Å²) in [5, 5.41) is 0.761. The molecule has 1 aliphatic heterocycles. The summed E-state index contributed by atoms with van der Waals surface area (Å²) in [4.78, 5) is 18.3. The van der Waals surface area contributed by atoms with E-state index in [1.54, 1.807) is 19.8 Å². The summed E-state index contributed by atoms with van der Waals surface area (Å²) in [5.74, 6) is 1.69. The molecule has 0 saturated carbocycles. The van der Waals surface area contributed by atoms with Crippen molar-refractivity contribution in [3.63, 3.8) is 0 Å². The average Bonchev–Trinajstić information content (AvgIpc) is 3.24. The van der Waals surface area contributed by atoms with Crippen LogP contribution in [0.5, 0.6) is 5.75 Å². The molecular formula is C22H21ClN6O. The van der Waals surface area contributed by atoms with Gasteiger partial charge < -0.3 is 14.5 Å². The number of nitrogens with zero attached hydrogens (tertiary/aromatic N) is 6. The van der Waals surface area contributed by atoms with E-state index in [-0.39, 0.29) is 0 Å². The van der Waals surface area contributed by atoms with Gasteiger partial charge in [0.25, 0.3) is 0 Å². The molecule has 0 aliphatic carbocycles. The van der Waals surface area contributed by atoms with Gasteiger partial charge in [0, 0.05) is 42.6 Å². The predicted molar refractivity (Wildman–Crippen MR) is 119 cm³/mol. The van der Waals surface area contributed by atoms with Crippen LogP contribution in [-0.4, -0.2) is 52.8 Å². The van der Waals surface area contributed by atoms with Gasteiger partial charge in [0.1, 0.15) is 18.4 Å². The number of rotatable bonds is 4. The molecule has 1 saturated heterocycles. The Balaban J connectivity index is 1.40. The zero-order valence-electron chi connectivity index (χ0n) is 16.6. The number of fused-ring (bicyclic) bond motifs is 1. The lowest BCUT2D eigenvalue weighted by atomic mass is 10.2. The fraction of sp³-hybridized carbons (Fsp3) is 0.227. The van der Waals surface area contributed by atoms with E-state index in [0.717, 1.165) is 65.3 Å². The third-order valence-electron chi connectivity index (χ3n) is 5.42. The molecule has 0 spiro atoms. The predicted octanol–water partition coefficient (Wildman–Crippen LogP) is 3.80. The average molecular weight is 421 g/mol. The van der Waals surface area contributed by atoms with Crippen LogP contribution in [0.25, 0.3) is 16.9 Å². The summed E-state index contributed by atoms with van der Waals surface area (Å²) in [7, 11) is 1.66. The highest BCUT2D eigenvalue weighted by molar-refractivity contribution is 6.30. The lowest BCUT2D eigenvalue weighted by Gasteiger charge is -2.36. The Labute approximate surface area is 179 Å². The number of hydrogen-bond acceptors (Lipinski definition) is 6. The van der Waals surface area contributed by atoms with Crippen LogP contribution in [-0.2, 0) is 0 Å². The molecule has 0 N–H and O–H groups in total. The molecule has 5 rings (SSSR count). The van der Waals surface area contributed by atoms with Crippen molar-refractivity contribution >= 4 is 34.3 Å². The molecule has 0 atom stereocenters. The molecule has 152 valence electrons. The zero-order chi connectivity index (χ0) is 20.5. The molecule has 3 heterocycles. The number of imidazole rings is 1. The first-order valence-corrected chi connectivity index (χ1v) is 10.2. The van der Waals surface area contributed by atoms with Gasteiger partial charge in [-0.3, -0.25) is 4.57 Å². The second-order valence-electron chi connectivity index (χ2n) is 7.14. The minimum Gasteiger partial charge on any atom is -0.497 e. The van der Waals surface area contributed by atoms with Crippen molar-refractivity contribution in [3.8, 4) is 11.4 Å². The largest absolute Gasteiger partial charge is 0.497 e. The SMILES string of the molecule is COc1ccc(-n2cnc3c(N4CCN(c5cccc(Cl)c5)CC4)ncnc32)cc1. The minimum atomic E-state index is 0.761. The molecule has 2 aromatic heterocycles. The normalized spacial score (nSPS) is 14.3. The van der Waals surface area contributed by atoms with E-state index in [2.05, 4.69) is 30.8 Å². The van der Waals surface area contributed by atoms with Crippen molar-refractivity contribution in [2.45, 2.75) is 0 Å². The molecule has 30 heavy (non-hydrogen) atoms. The van der Waals surface area contributed by atoms with E-state index in [1.165, 1.54) is 0 Å². The van der Waals surface area contributed by atoms with Gasteiger partial charge in [-0.25, -0.2) is 15.0 Å². The van der Waals surface area contributed by atoms with E-state index >= 15 is 0 Å². The zero-order valence-corrected chi connectivity index (χ0v) is 17.3. The summed E-state index contributed by atoms with van der Waals surface area (Å²) < 4.78 is 7.23. The molecule has 2 aromatic carbocycles. The third-order valence-corrected chi connectivity index (χ3v) is 5.65. The molecule has 0 amide bonds. The van der Waals surface area contributed by atoms with Gasteiger partial charge >= 0.3 is 0 Å². The number of piperazine rings is 1. The van der Waals surface area contributed by atoms with E-state index in [4.69, 9.17) is 16.3 Å². The van der Waals surface area contributed by atoms with Gasteiger partial charge in [-0.15, -0.1) is 0 Å². The summed E-state index contributed by atoms with van der Waals surface area (Å²) in [5.41, 5.74) is 3.74. The molecule has 7 nitrogen and oxygen atoms in total. The van der Waals surface area contributed by atoms with Gasteiger partial charge in [0.05, 0.1) is 7.11 Å². The number of hydrogen-bond donors (Lipinski definition) is 0. The smallest absolute Gasteiger partial charge is 0.170 e. The summed E-state index contributed by atoms with van der Waals surface area (Å²) in [6.07, 6.45) is 3.41. The Morgan fingerprint density at radius 1 is 0.867 bits per heavy atom. The highest BCUT2D eigenvalue weighted by atomic mass is 35.5. The quantitative estimate of drug-likeness (QED) is 0.500. The van der Waals surface area contributed by atoms with Gasteiger partial charge in [0.2, 0.25) is 0 Å². The molecule has 1 fully saturated rings. The molecule has 4 aromatic rings. The van der Waals surface area contributed by atoms with Gasteiger partial charge in [-0.2, -0.15) is 0 Å². The van der Waals surface area contributed by atoms with Gasteiger partial charge in [-0.05, 0) is 42.5 Å². The maximum atomic E-state index is 6.15. The topological polar surface area (TPSA) is 59.3 Å². The number of aromatic nitrogens is 4. The Kier molecular flexibility index (Phi) is 4.88. The number of methoxy groups -OCH3 is 1. The van der Waals surface area contributed by atoms with Crippen LogP contribution >= 0.6 is 11.6 Å². The number of ether oxygens (including phenoxy) is 1. The van der Waals surface area contributed by atoms with Crippen molar-refractivity contribution < 1.29 is 4.74 Å². The molecule has 8 heteroatoms. The van der Waals surface area contributed by atoms with Crippen molar-refractivity contribution in [2.24, 2.45) is 0 Å². The molecule has 0 radical (unpaired) electrons. The second kappa shape index (κ2) is 7.84. The molecule has 1 aliphatic rings. The Morgan fingerprint density at radius 3 is 2.37 bits per heavy atom. The van der Waals surface area contributed by atoms with Crippen molar-refractivity contribution in [1.29, 1.82) is 0 Å². The molecule has 0 bridgehead atoms. The van der Waals surface area contributed by atoms with E-state index in [0.29, 0.717) is 0 Å². The Hall–Kier alpha value is -3.32. The maximum Gasteiger partial charge on any atom is 0.170 e. The van der Waals surface area contributed by atoms with Crippen LogP contribution in [0.3, 0.4) is 0 Å². The van der Waals surface area contributed by atoms with Crippen molar-refractivity contribution in [1.82, 2.24) is 19.5 Å². The lowest BCUT2D eigenvalue weighted by molar-refractivity contribution is 0.415. The highest BCUT2D eigenvalue weighted by Crippen LogP contribution is 2.27. The Morgan fingerprint density at radius 2 is 1.63 bits per heavy atom. The van der Waals surface area contributed by atoms with E-state index in [1.807, 2.05) is 47.0 Å². The van der Waals surface area contributed by atoms with Gasteiger partial charge in [-0.1, -0.05) is 17.7 Å². The number of benzene rings is 2. The standard InChI is InChI=1S/C22H21ClN6O/c1-30-19-7-5-17(6-8-19)29-15-26-20-21(24-14-25-22(20)29)28-11-9-27(10-12-28)18-4-2-3-16(23)13-18/h2-8,13-15H,9-12H2,1H3. The fourth-order valence-electron chi connectivity index (χ4n) is 3.83. The summed E-state index contributed by atoms with van der Waals surface area (Å²) in [6.45, 7) is 3.50. The van der Waals surface area contributed by atoms with Crippen molar-refractivity contribution in [3.05, 3.63) is 66.2 Å². The first kappa shape index (κ1) is 18.7. The minimum absolute atomic E-state index is 0.761. The highest BCUT2D eigenvalue weighted by Gasteiger charge is 2.22. The fourth-order valence-corrected chi connectivity index (χ4v) is 4.02. The lowest BCUT2D eigenvalue weighted by Crippen LogP contribution is -2.47. The van der Waals surface area contributed by atoms with Crippen molar-refractivity contribution in [2.75, 3.05) is 43.1 Å². The van der Waals surface area contributed by atoms with Gasteiger partial charge in [0.15, 0.2) is 17.0 Å². The maximum absolute atomic E-state index is 6.15. The van der Waals surface area contributed by atoms with Crippen LogP contribution in [0.2, 0.25) is 5.02 Å². The van der Waals surface area contributed by atoms with Crippen LogP contribution in [0.15, 0.2) is 61.2 Å².